The average molecular weight is 438 g/mol. The van der Waals surface area contributed by atoms with Gasteiger partial charge in [-0.2, -0.15) is 0 Å². The molecule has 4 aliphatic rings. The number of carbonyl (C=O) groups excluding carboxylic acids is 1. The summed E-state index contributed by atoms with van der Waals surface area (Å²) in [7, 11) is 1.72. The summed E-state index contributed by atoms with van der Waals surface area (Å²) in [5.41, 5.74) is 1.81. The van der Waals surface area contributed by atoms with Crippen LogP contribution >= 0.6 is 11.8 Å². The first-order valence-electron chi connectivity index (χ1n) is 11.0. The van der Waals surface area contributed by atoms with Gasteiger partial charge in [-0.05, 0) is 104 Å². The van der Waals surface area contributed by atoms with E-state index in [4.69, 9.17) is 4.74 Å². The molecular weight excluding hydrogens is 410 g/mol. The van der Waals surface area contributed by atoms with Gasteiger partial charge in [0.15, 0.2) is 0 Å². The Morgan fingerprint density at radius 1 is 1.03 bits per heavy atom. The van der Waals surface area contributed by atoms with Crippen molar-refractivity contribution in [2.45, 2.75) is 48.8 Å². The molecule has 6 rings (SSSR count). The third kappa shape index (κ3) is 3.82. The highest BCUT2D eigenvalue weighted by atomic mass is 32.2. The molecule has 0 heterocycles. The number of nitrogens with one attached hydrogen (secondary N) is 1. The van der Waals surface area contributed by atoms with Gasteiger partial charge in [-0.15, -0.1) is 0 Å². The monoisotopic (exact) mass is 437 g/mol. The van der Waals surface area contributed by atoms with Crippen LogP contribution in [0.4, 0.5) is 10.5 Å². The summed E-state index contributed by atoms with van der Waals surface area (Å²) in [4.78, 5) is 25.0. The molecule has 6 heteroatoms. The molecule has 0 atom stereocenters. The lowest BCUT2D eigenvalue weighted by Gasteiger charge is -2.57. The Morgan fingerprint density at radius 2 is 1.68 bits per heavy atom. The van der Waals surface area contributed by atoms with Crippen molar-refractivity contribution in [3.05, 3.63) is 53.6 Å². The third-order valence-electron chi connectivity index (χ3n) is 7.39. The van der Waals surface area contributed by atoms with Crippen LogP contribution in [0.15, 0.2) is 47.4 Å². The maximum absolute atomic E-state index is 12.7. The number of hydrogen-bond donors (Lipinski definition) is 2. The molecule has 4 fully saturated rings. The van der Waals surface area contributed by atoms with Gasteiger partial charge in [0.2, 0.25) is 0 Å². The summed E-state index contributed by atoms with van der Waals surface area (Å²) in [6.07, 6.45) is 7.80. The molecule has 5 nitrogen and oxygen atoms in total. The molecule has 4 aliphatic carbocycles. The first-order valence-corrected chi connectivity index (χ1v) is 11.8. The molecule has 2 N–H and O–H groups in total. The van der Waals surface area contributed by atoms with Gasteiger partial charge in [0.1, 0.15) is 5.75 Å². The zero-order chi connectivity index (χ0) is 21.6. The van der Waals surface area contributed by atoms with Crippen molar-refractivity contribution >= 4 is 28.7 Å². The van der Waals surface area contributed by atoms with E-state index in [9.17, 15) is 14.7 Å². The lowest BCUT2D eigenvalue weighted by atomic mass is 9.48. The predicted octanol–water partition coefficient (Wildman–Crippen LogP) is 6.19. The van der Waals surface area contributed by atoms with E-state index in [1.165, 1.54) is 50.2 Å². The lowest BCUT2D eigenvalue weighted by Crippen LogP contribution is -2.48. The molecule has 0 aliphatic heterocycles. The first-order chi connectivity index (χ1) is 15.0. The van der Waals surface area contributed by atoms with E-state index in [-0.39, 0.29) is 16.2 Å². The van der Waals surface area contributed by atoms with Crippen molar-refractivity contribution in [3.63, 3.8) is 0 Å². The number of rotatable bonds is 5. The Hall–Kier alpha value is -2.47. The summed E-state index contributed by atoms with van der Waals surface area (Å²) in [6.45, 7) is 0. The van der Waals surface area contributed by atoms with Crippen LogP contribution in [0.25, 0.3) is 0 Å². The molecule has 2 aromatic carbocycles. The number of carbonyl (C=O) groups is 2. The Morgan fingerprint density at radius 3 is 2.29 bits per heavy atom. The summed E-state index contributed by atoms with van der Waals surface area (Å²) >= 11 is 1.10. The van der Waals surface area contributed by atoms with Crippen LogP contribution in [0.1, 0.15) is 54.4 Å². The van der Waals surface area contributed by atoms with Gasteiger partial charge in [0.25, 0.3) is 5.24 Å². The van der Waals surface area contributed by atoms with Gasteiger partial charge in [-0.1, -0.05) is 12.1 Å². The number of hydrogen-bond acceptors (Lipinski definition) is 4. The summed E-state index contributed by atoms with van der Waals surface area (Å²) in [5, 5.41) is 11.8. The molecule has 0 aromatic heterocycles. The third-order valence-corrected chi connectivity index (χ3v) is 8.16. The van der Waals surface area contributed by atoms with Crippen LogP contribution in [-0.4, -0.2) is 23.4 Å². The highest BCUT2D eigenvalue weighted by Gasteiger charge is 2.52. The van der Waals surface area contributed by atoms with Crippen molar-refractivity contribution in [3.8, 4) is 5.75 Å². The van der Waals surface area contributed by atoms with E-state index in [1.54, 1.807) is 25.3 Å². The van der Waals surface area contributed by atoms with E-state index in [1.807, 2.05) is 12.1 Å². The normalized spacial score (nSPS) is 28.4. The van der Waals surface area contributed by atoms with Crippen LogP contribution in [0.5, 0.6) is 5.75 Å². The van der Waals surface area contributed by atoms with Gasteiger partial charge in [0, 0.05) is 10.5 Å². The zero-order valence-electron chi connectivity index (χ0n) is 17.6. The van der Waals surface area contributed by atoms with Gasteiger partial charge in [-0.25, -0.2) is 4.79 Å². The van der Waals surface area contributed by atoms with Gasteiger partial charge < -0.3 is 15.2 Å². The number of anilines is 1. The molecule has 1 amide bonds. The molecular formula is C25H27NO4S. The maximum Gasteiger partial charge on any atom is 0.337 e. The Kier molecular flexibility index (Phi) is 5.21. The number of carboxylic acid groups (broad SMARTS) is 1. The number of methoxy groups -OCH3 is 1. The SMILES string of the molecule is COc1ccc(SC(=O)Nc2ccccc2C(=O)O)cc1C12CC3CC(CC(C3)C1)C2. The molecule has 31 heavy (non-hydrogen) atoms. The molecule has 0 spiro atoms. The largest absolute Gasteiger partial charge is 0.496 e. The number of thioether (sulfide) groups is 1. The van der Waals surface area contributed by atoms with Crippen LogP contribution < -0.4 is 10.1 Å². The van der Waals surface area contributed by atoms with Crippen LogP contribution in [-0.2, 0) is 5.41 Å². The van der Waals surface area contributed by atoms with E-state index in [2.05, 4.69) is 11.4 Å². The Balaban J connectivity index is 1.39. The molecule has 0 unspecified atom stereocenters. The lowest BCUT2D eigenvalue weighted by molar-refractivity contribution is -0.00625. The highest BCUT2D eigenvalue weighted by Crippen LogP contribution is 2.62. The van der Waals surface area contributed by atoms with Crippen LogP contribution in [0, 0.1) is 17.8 Å². The van der Waals surface area contributed by atoms with E-state index < -0.39 is 5.97 Å². The van der Waals surface area contributed by atoms with Gasteiger partial charge in [-0.3, -0.25) is 4.79 Å². The minimum Gasteiger partial charge on any atom is -0.496 e. The van der Waals surface area contributed by atoms with E-state index in [0.717, 1.165) is 40.2 Å². The van der Waals surface area contributed by atoms with Crippen LogP contribution in [0.3, 0.4) is 0 Å². The second-order valence-corrected chi connectivity index (χ2v) is 10.5. The minimum absolute atomic E-state index is 0.0837. The van der Waals surface area contributed by atoms with E-state index in [0.29, 0.717) is 5.69 Å². The fourth-order valence-electron chi connectivity index (χ4n) is 6.63. The number of para-hydroxylation sites is 1. The molecule has 0 saturated heterocycles. The molecule has 162 valence electrons. The number of amides is 1. The number of aromatic carboxylic acids is 1. The standard InChI is InChI=1S/C25H27NO4S/c1-30-22-7-6-18(31-24(29)26-21-5-3-2-4-19(21)23(27)28)11-20(22)25-12-15-8-16(13-25)10-17(9-15)14-25/h2-7,11,15-17H,8-10,12-14H2,1H3,(H,26,29)(H,27,28). The van der Waals surface area contributed by atoms with Crippen molar-refractivity contribution in [2.24, 2.45) is 17.8 Å². The average Bonchev–Trinajstić information content (AvgIpc) is 2.73. The van der Waals surface area contributed by atoms with Crippen molar-refractivity contribution in [1.29, 1.82) is 0 Å². The summed E-state index contributed by atoms with van der Waals surface area (Å²) in [5.74, 6) is 2.33. The van der Waals surface area contributed by atoms with Crippen molar-refractivity contribution in [1.82, 2.24) is 0 Å². The van der Waals surface area contributed by atoms with Gasteiger partial charge >= 0.3 is 5.97 Å². The second kappa shape index (κ2) is 7.90. The number of ether oxygens (including phenoxy) is 1. The number of carboxylic acids is 1. The number of benzene rings is 2. The topological polar surface area (TPSA) is 75.6 Å². The Bertz CT molecular complexity index is 999. The second-order valence-electron chi connectivity index (χ2n) is 9.43. The zero-order valence-corrected chi connectivity index (χ0v) is 18.4. The molecule has 4 bridgehead atoms. The van der Waals surface area contributed by atoms with Crippen molar-refractivity contribution < 1.29 is 19.4 Å². The quantitative estimate of drug-likeness (QED) is 0.546. The molecule has 2 aromatic rings. The molecule has 0 radical (unpaired) electrons. The minimum atomic E-state index is -1.06. The first kappa shape index (κ1) is 20.4. The van der Waals surface area contributed by atoms with E-state index >= 15 is 0 Å². The summed E-state index contributed by atoms with van der Waals surface area (Å²) in [6, 6.07) is 12.5. The fraction of sp³-hybridized carbons (Fsp3) is 0.440. The fourth-order valence-corrected chi connectivity index (χ4v) is 7.31. The van der Waals surface area contributed by atoms with Crippen molar-refractivity contribution in [2.75, 3.05) is 12.4 Å². The Labute approximate surface area is 186 Å². The smallest absolute Gasteiger partial charge is 0.337 e. The summed E-state index contributed by atoms with van der Waals surface area (Å²) < 4.78 is 5.76. The highest BCUT2D eigenvalue weighted by molar-refractivity contribution is 8.13. The predicted molar refractivity (Wildman–Crippen MR) is 121 cm³/mol. The molecule has 4 saturated carbocycles. The maximum atomic E-state index is 12.7. The van der Waals surface area contributed by atoms with Gasteiger partial charge in [0.05, 0.1) is 18.4 Å². The van der Waals surface area contributed by atoms with Crippen LogP contribution in [0.2, 0.25) is 0 Å².